The average Bonchev–Trinajstić information content (AvgIpc) is 2.32. The van der Waals surface area contributed by atoms with Crippen molar-refractivity contribution < 1.29 is 0 Å². The fourth-order valence-electron chi connectivity index (χ4n) is 2.83. The van der Waals surface area contributed by atoms with Crippen LogP contribution in [0.15, 0.2) is 29.4 Å². The topological polar surface area (TPSA) is 12.4 Å². The SMILES string of the molecule is C=C/C(=C\N=C(/C)C1(CC)CCC1)CCCC(C)C. The second kappa shape index (κ2) is 7.67. The lowest BCUT2D eigenvalue weighted by molar-refractivity contribution is 0.223. The van der Waals surface area contributed by atoms with Crippen LogP contribution in [-0.4, -0.2) is 5.71 Å². The van der Waals surface area contributed by atoms with Crippen LogP contribution >= 0.6 is 0 Å². The number of hydrogen-bond donors (Lipinski definition) is 0. The first-order valence-electron chi connectivity index (χ1n) is 7.90. The van der Waals surface area contributed by atoms with Crippen LogP contribution in [0.3, 0.4) is 0 Å². The molecule has 1 aliphatic rings. The van der Waals surface area contributed by atoms with Crippen molar-refractivity contribution in [2.24, 2.45) is 16.3 Å². The van der Waals surface area contributed by atoms with Crippen molar-refractivity contribution in [2.75, 3.05) is 0 Å². The Morgan fingerprint density at radius 3 is 2.47 bits per heavy atom. The zero-order chi connectivity index (χ0) is 14.3. The summed E-state index contributed by atoms with van der Waals surface area (Å²) in [6.45, 7) is 13.0. The molecule has 0 aromatic heterocycles. The fourth-order valence-corrected chi connectivity index (χ4v) is 2.83. The van der Waals surface area contributed by atoms with Crippen LogP contribution in [0.2, 0.25) is 0 Å². The lowest BCUT2D eigenvalue weighted by Crippen LogP contribution is -2.35. The van der Waals surface area contributed by atoms with E-state index in [1.54, 1.807) is 0 Å². The first-order chi connectivity index (χ1) is 9.04. The molecule has 1 heteroatoms. The molecule has 1 nitrogen and oxygen atoms in total. The summed E-state index contributed by atoms with van der Waals surface area (Å²) < 4.78 is 0. The largest absolute Gasteiger partial charge is 0.265 e. The van der Waals surface area contributed by atoms with Crippen molar-refractivity contribution >= 4 is 5.71 Å². The zero-order valence-electron chi connectivity index (χ0n) is 13.3. The van der Waals surface area contributed by atoms with Gasteiger partial charge in [-0.1, -0.05) is 46.3 Å². The van der Waals surface area contributed by atoms with E-state index in [4.69, 9.17) is 4.99 Å². The highest BCUT2D eigenvalue weighted by atomic mass is 14.7. The van der Waals surface area contributed by atoms with Gasteiger partial charge in [-0.2, -0.15) is 0 Å². The van der Waals surface area contributed by atoms with E-state index >= 15 is 0 Å². The molecule has 1 rings (SSSR count). The molecule has 0 aromatic carbocycles. The van der Waals surface area contributed by atoms with Crippen molar-refractivity contribution in [3.63, 3.8) is 0 Å². The molecule has 1 saturated carbocycles. The number of allylic oxidation sites excluding steroid dienone is 2. The maximum Gasteiger partial charge on any atom is 0.0299 e. The van der Waals surface area contributed by atoms with Gasteiger partial charge in [0.15, 0.2) is 0 Å². The van der Waals surface area contributed by atoms with Crippen LogP contribution in [0, 0.1) is 11.3 Å². The maximum absolute atomic E-state index is 4.74. The van der Waals surface area contributed by atoms with Crippen LogP contribution < -0.4 is 0 Å². The van der Waals surface area contributed by atoms with E-state index in [1.165, 1.54) is 49.8 Å². The number of rotatable bonds is 8. The van der Waals surface area contributed by atoms with Gasteiger partial charge in [-0.05, 0) is 50.5 Å². The summed E-state index contributed by atoms with van der Waals surface area (Å²) in [5, 5.41) is 0. The molecule has 0 aromatic rings. The van der Waals surface area contributed by atoms with Gasteiger partial charge in [0.1, 0.15) is 0 Å². The van der Waals surface area contributed by atoms with E-state index in [0.29, 0.717) is 5.41 Å². The van der Waals surface area contributed by atoms with Gasteiger partial charge in [0.2, 0.25) is 0 Å². The van der Waals surface area contributed by atoms with Crippen molar-refractivity contribution in [1.82, 2.24) is 0 Å². The number of aliphatic imine (C=N–C) groups is 1. The summed E-state index contributed by atoms with van der Waals surface area (Å²) in [6, 6.07) is 0. The Morgan fingerprint density at radius 1 is 1.37 bits per heavy atom. The first-order valence-corrected chi connectivity index (χ1v) is 7.90. The highest BCUT2D eigenvalue weighted by molar-refractivity contribution is 5.89. The molecule has 0 aliphatic heterocycles. The molecule has 0 saturated heterocycles. The van der Waals surface area contributed by atoms with Gasteiger partial charge in [-0.25, -0.2) is 0 Å². The molecule has 19 heavy (non-hydrogen) atoms. The molecule has 0 unspecified atom stereocenters. The van der Waals surface area contributed by atoms with Crippen LogP contribution in [-0.2, 0) is 0 Å². The van der Waals surface area contributed by atoms with Gasteiger partial charge < -0.3 is 0 Å². The molecular weight excluding hydrogens is 230 g/mol. The minimum absolute atomic E-state index is 0.417. The summed E-state index contributed by atoms with van der Waals surface area (Å²) in [5.74, 6) is 0.787. The highest BCUT2D eigenvalue weighted by Gasteiger charge is 2.37. The van der Waals surface area contributed by atoms with E-state index in [2.05, 4.69) is 40.5 Å². The Bertz CT molecular complexity index is 337. The van der Waals surface area contributed by atoms with Crippen LogP contribution in [0.4, 0.5) is 0 Å². The molecular formula is C18H31N. The summed E-state index contributed by atoms with van der Waals surface area (Å²) in [4.78, 5) is 4.74. The van der Waals surface area contributed by atoms with Gasteiger partial charge in [-0.3, -0.25) is 4.99 Å². The molecule has 0 radical (unpaired) electrons. The summed E-state index contributed by atoms with van der Waals surface area (Å²) in [7, 11) is 0. The summed E-state index contributed by atoms with van der Waals surface area (Å²) in [5.41, 5.74) is 3.02. The van der Waals surface area contributed by atoms with Gasteiger partial charge in [0.25, 0.3) is 0 Å². The van der Waals surface area contributed by atoms with Crippen molar-refractivity contribution in [3.05, 3.63) is 24.4 Å². The molecule has 0 heterocycles. The Labute approximate surface area is 119 Å². The molecule has 1 aliphatic carbocycles. The van der Waals surface area contributed by atoms with Crippen molar-refractivity contribution in [2.45, 2.75) is 72.6 Å². The lowest BCUT2D eigenvalue weighted by Gasteiger charge is -2.41. The van der Waals surface area contributed by atoms with Crippen molar-refractivity contribution in [3.8, 4) is 0 Å². The number of hydrogen-bond acceptors (Lipinski definition) is 1. The third-order valence-corrected chi connectivity index (χ3v) is 4.69. The smallest absolute Gasteiger partial charge is 0.0299 e. The predicted octanol–water partition coefficient (Wildman–Crippen LogP) is 5.92. The molecule has 108 valence electrons. The summed E-state index contributed by atoms with van der Waals surface area (Å²) in [6.07, 6.45) is 12.9. The van der Waals surface area contributed by atoms with Gasteiger partial charge in [0.05, 0.1) is 0 Å². The minimum Gasteiger partial charge on any atom is -0.265 e. The molecule has 0 amide bonds. The summed E-state index contributed by atoms with van der Waals surface area (Å²) >= 11 is 0. The minimum atomic E-state index is 0.417. The monoisotopic (exact) mass is 261 g/mol. The normalized spacial score (nSPS) is 19.4. The fraction of sp³-hybridized carbons (Fsp3) is 0.722. The molecule has 0 N–H and O–H groups in total. The van der Waals surface area contributed by atoms with Crippen LogP contribution in [0.25, 0.3) is 0 Å². The predicted molar refractivity (Wildman–Crippen MR) is 86.7 cm³/mol. The molecule has 0 atom stereocenters. The van der Waals surface area contributed by atoms with Gasteiger partial charge in [-0.15, -0.1) is 0 Å². The van der Waals surface area contributed by atoms with E-state index in [9.17, 15) is 0 Å². The Kier molecular flexibility index (Phi) is 6.54. The highest BCUT2D eigenvalue weighted by Crippen LogP contribution is 2.45. The second-order valence-electron chi connectivity index (χ2n) is 6.40. The first kappa shape index (κ1) is 16.2. The lowest BCUT2D eigenvalue weighted by atomic mass is 9.64. The Morgan fingerprint density at radius 2 is 2.05 bits per heavy atom. The van der Waals surface area contributed by atoms with Crippen LogP contribution in [0.5, 0.6) is 0 Å². The Balaban J connectivity index is 2.57. The van der Waals surface area contributed by atoms with E-state index in [1.807, 2.05) is 6.08 Å². The van der Waals surface area contributed by atoms with Gasteiger partial charge in [0, 0.05) is 17.3 Å². The van der Waals surface area contributed by atoms with E-state index < -0.39 is 0 Å². The zero-order valence-corrected chi connectivity index (χ0v) is 13.3. The quantitative estimate of drug-likeness (QED) is 0.379. The maximum atomic E-state index is 4.74. The van der Waals surface area contributed by atoms with Crippen LogP contribution in [0.1, 0.15) is 72.6 Å². The van der Waals surface area contributed by atoms with Crippen molar-refractivity contribution in [1.29, 1.82) is 0 Å². The number of nitrogens with zero attached hydrogens (tertiary/aromatic N) is 1. The van der Waals surface area contributed by atoms with Gasteiger partial charge >= 0.3 is 0 Å². The molecule has 1 fully saturated rings. The standard InChI is InChI=1S/C18H31N/c1-6-17(11-8-10-15(3)4)14-19-16(5)18(7-2)12-9-13-18/h6,14-15H,1,7-13H2,2-5H3/b17-14+,19-16+. The molecule has 0 bridgehead atoms. The Hall–Kier alpha value is -0.850. The average molecular weight is 261 g/mol. The second-order valence-corrected chi connectivity index (χ2v) is 6.40. The van der Waals surface area contributed by atoms with E-state index in [0.717, 1.165) is 12.3 Å². The third-order valence-electron chi connectivity index (χ3n) is 4.69. The third kappa shape index (κ3) is 4.63. The molecule has 0 spiro atoms. The van der Waals surface area contributed by atoms with E-state index in [-0.39, 0.29) is 0 Å².